The second-order valence-electron chi connectivity index (χ2n) is 3.68. The predicted octanol–water partition coefficient (Wildman–Crippen LogP) is 2.48. The van der Waals surface area contributed by atoms with Crippen molar-refractivity contribution in [2.75, 3.05) is 18.1 Å². The Morgan fingerprint density at radius 1 is 1.56 bits per heavy atom. The average Bonchev–Trinajstić information content (AvgIpc) is 2.73. The van der Waals surface area contributed by atoms with E-state index < -0.39 is 10.8 Å². The molecule has 3 nitrogen and oxygen atoms in total. The molecule has 2 rings (SSSR count). The summed E-state index contributed by atoms with van der Waals surface area (Å²) in [6, 6.07) is 4.06. The van der Waals surface area contributed by atoms with Crippen LogP contribution < -0.4 is 5.32 Å². The van der Waals surface area contributed by atoms with Gasteiger partial charge in [0.15, 0.2) is 0 Å². The summed E-state index contributed by atoms with van der Waals surface area (Å²) < 4.78 is 12.5. The molecule has 0 radical (unpaired) electrons. The maximum Gasteiger partial charge on any atom is 0.134 e. The van der Waals surface area contributed by atoms with E-state index >= 15 is 0 Å². The van der Waals surface area contributed by atoms with Gasteiger partial charge in [0, 0.05) is 45.1 Å². The van der Waals surface area contributed by atoms with Crippen LogP contribution in [0, 0.1) is 0 Å². The van der Waals surface area contributed by atoms with Gasteiger partial charge in [0.25, 0.3) is 0 Å². The first-order valence-electron chi connectivity index (χ1n) is 5.07. The van der Waals surface area contributed by atoms with Gasteiger partial charge in [-0.2, -0.15) is 0 Å². The highest BCUT2D eigenvalue weighted by atomic mass is 32.2. The van der Waals surface area contributed by atoms with Crippen molar-refractivity contribution in [2.24, 2.45) is 0 Å². The number of rotatable bonds is 4. The number of hydrogen-bond donors (Lipinski definition) is 1. The number of pyridine rings is 1. The van der Waals surface area contributed by atoms with E-state index in [4.69, 9.17) is 0 Å². The zero-order chi connectivity index (χ0) is 11.5. The number of anilines is 1. The fraction of sp³-hybridized carbons (Fsp3) is 0.364. The van der Waals surface area contributed by atoms with Crippen LogP contribution in [-0.4, -0.2) is 27.2 Å². The van der Waals surface area contributed by atoms with E-state index in [0.717, 1.165) is 11.2 Å². The molecule has 0 aromatic carbocycles. The smallest absolute Gasteiger partial charge is 0.134 e. The summed E-state index contributed by atoms with van der Waals surface area (Å²) in [5.41, 5.74) is 0. The van der Waals surface area contributed by atoms with Gasteiger partial charge in [-0.15, -0.1) is 11.3 Å². The van der Waals surface area contributed by atoms with Gasteiger partial charge in [0.05, 0.1) is 0 Å². The van der Waals surface area contributed by atoms with Crippen LogP contribution in [0.4, 0.5) is 5.82 Å². The molecular weight excluding hydrogens is 240 g/mol. The number of hydrogen-bond acceptors (Lipinski definition) is 4. The summed E-state index contributed by atoms with van der Waals surface area (Å²) in [4.78, 5) is 4.31. The monoisotopic (exact) mass is 254 g/mol. The Kier molecular flexibility index (Phi) is 3.56. The van der Waals surface area contributed by atoms with Gasteiger partial charge in [0.1, 0.15) is 5.82 Å². The van der Waals surface area contributed by atoms with Crippen molar-refractivity contribution in [2.45, 2.75) is 12.2 Å². The fourth-order valence-electron chi connectivity index (χ4n) is 1.39. The van der Waals surface area contributed by atoms with E-state index in [-0.39, 0.29) is 5.25 Å². The largest absolute Gasteiger partial charge is 0.368 e. The molecule has 2 aromatic heterocycles. The van der Waals surface area contributed by atoms with Crippen molar-refractivity contribution in [1.29, 1.82) is 0 Å². The minimum absolute atomic E-state index is 0.135. The minimum atomic E-state index is -0.796. The molecule has 0 aliphatic rings. The summed E-state index contributed by atoms with van der Waals surface area (Å²) in [7, 11) is -0.796. The number of aromatic nitrogens is 1. The van der Waals surface area contributed by atoms with E-state index in [1.165, 1.54) is 4.70 Å². The lowest BCUT2D eigenvalue weighted by Crippen LogP contribution is -2.21. The van der Waals surface area contributed by atoms with Crippen molar-refractivity contribution in [3.63, 3.8) is 0 Å². The third-order valence-electron chi connectivity index (χ3n) is 2.50. The van der Waals surface area contributed by atoms with Gasteiger partial charge < -0.3 is 5.32 Å². The molecule has 2 aromatic rings. The fourth-order valence-corrected chi connectivity index (χ4v) is 2.49. The molecule has 0 bridgehead atoms. The van der Waals surface area contributed by atoms with Crippen LogP contribution in [0.2, 0.25) is 0 Å². The molecule has 0 aliphatic heterocycles. The maximum absolute atomic E-state index is 11.2. The van der Waals surface area contributed by atoms with E-state index in [1.807, 2.05) is 13.0 Å². The standard InChI is InChI=1S/C11H14N2OS2/c1-8(16(2)14)7-13-11-9-4-6-15-10(9)3-5-12-11/h3-6,8H,7H2,1-2H3,(H,12,13). The first-order chi connectivity index (χ1) is 7.68. The van der Waals surface area contributed by atoms with Gasteiger partial charge in [-0.3, -0.25) is 4.21 Å². The molecule has 0 saturated carbocycles. The Morgan fingerprint density at radius 2 is 2.38 bits per heavy atom. The van der Waals surface area contributed by atoms with Crippen LogP contribution in [0.3, 0.4) is 0 Å². The normalized spacial score (nSPS) is 14.9. The van der Waals surface area contributed by atoms with E-state index in [9.17, 15) is 4.21 Å². The molecule has 86 valence electrons. The summed E-state index contributed by atoms with van der Waals surface area (Å²) in [6.45, 7) is 2.65. The van der Waals surface area contributed by atoms with Crippen molar-refractivity contribution in [3.05, 3.63) is 23.7 Å². The highest BCUT2D eigenvalue weighted by Gasteiger charge is 2.08. The molecule has 1 N–H and O–H groups in total. The van der Waals surface area contributed by atoms with Crippen molar-refractivity contribution in [1.82, 2.24) is 4.98 Å². The van der Waals surface area contributed by atoms with Gasteiger partial charge in [-0.1, -0.05) is 0 Å². The Labute approximate surface area is 101 Å². The molecule has 0 fully saturated rings. The Balaban J connectivity index is 2.15. The zero-order valence-electron chi connectivity index (χ0n) is 9.27. The van der Waals surface area contributed by atoms with Crippen LogP contribution in [0.5, 0.6) is 0 Å². The first-order valence-corrected chi connectivity index (χ1v) is 7.57. The number of fused-ring (bicyclic) bond motifs is 1. The second kappa shape index (κ2) is 4.93. The lowest BCUT2D eigenvalue weighted by atomic mass is 10.3. The number of thiophene rings is 1. The molecule has 2 atom stereocenters. The van der Waals surface area contributed by atoms with Crippen LogP contribution >= 0.6 is 11.3 Å². The third kappa shape index (κ3) is 2.41. The zero-order valence-corrected chi connectivity index (χ0v) is 10.9. The van der Waals surface area contributed by atoms with Crippen molar-refractivity contribution < 1.29 is 4.21 Å². The Hall–Kier alpha value is -0.940. The molecule has 0 amide bonds. The quantitative estimate of drug-likeness (QED) is 0.911. The molecule has 0 saturated heterocycles. The summed E-state index contributed by atoms with van der Waals surface area (Å²) >= 11 is 1.70. The van der Waals surface area contributed by atoms with Crippen LogP contribution in [0.15, 0.2) is 23.7 Å². The molecule has 2 heterocycles. The number of nitrogens with one attached hydrogen (secondary N) is 1. The van der Waals surface area contributed by atoms with E-state index in [0.29, 0.717) is 6.54 Å². The molecule has 2 unspecified atom stereocenters. The summed E-state index contributed by atoms with van der Waals surface area (Å²) in [5.74, 6) is 0.885. The minimum Gasteiger partial charge on any atom is -0.368 e. The highest BCUT2D eigenvalue weighted by Crippen LogP contribution is 2.25. The van der Waals surface area contributed by atoms with Crippen LogP contribution in [0.25, 0.3) is 10.1 Å². The van der Waals surface area contributed by atoms with E-state index in [1.54, 1.807) is 23.8 Å². The van der Waals surface area contributed by atoms with E-state index in [2.05, 4.69) is 21.7 Å². The van der Waals surface area contributed by atoms with Gasteiger partial charge in [-0.05, 0) is 24.4 Å². The molecule has 5 heteroatoms. The SMILES string of the molecule is CC(CNc1nccc2sccc12)S(C)=O. The van der Waals surface area contributed by atoms with Gasteiger partial charge >= 0.3 is 0 Å². The predicted molar refractivity (Wildman–Crippen MR) is 71.6 cm³/mol. The second-order valence-corrected chi connectivity index (χ2v) is 6.43. The highest BCUT2D eigenvalue weighted by molar-refractivity contribution is 7.84. The average molecular weight is 254 g/mol. The van der Waals surface area contributed by atoms with Crippen molar-refractivity contribution in [3.8, 4) is 0 Å². The lowest BCUT2D eigenvalue weighted by molar-refractivity contribution is 0.679. The Bertz CT molecular complexity index is 509. The molecule has 0 spiro atoms. The maximum atomic E-state index is 11.2. The van der Waals surface area contributed by atoms with Crippen molar-refractivity contribution >= 4 is 38.0 Å². The van der Waals surface area contributed by atoms with Gasteiger partial charge in [-0.25, -0.2) is 4.98 Å². The molecular formula is C11H14N2OS2. The van der Waals surface area contributed by atoms with Crippen LogP contribution in [-0.2, 0) is 10.8 Å². The Morgan fingerprint density at radius 3 is 3.12 bits per heavy atom. The van der Waals surface area contributed by atoms with Gasteiger partial charge in [0.2, 0.25) is 0 Å². The number of nitrogens with zero attached hydrogens (tertiary/aromatic N) is 1. The first kappa shape index (κ1) is 11.5. The third-order valence-corrected chi connectivity index (χ3v) is 4.69. The van der Waals surface area contributed by atoms with Crippen LogP contribution in [0.1, 0.15) is 6.92 Å². The topological polar surface area (TPSA) is 42.0 Å². The lowest BCUT2D eigenvalue weighted by Gasteiger charge is -2.10. The summed E-state index contributed by atoms with van der Waals surface area (Å²) in [5, 5.41) is 6.59. The molecule has 0 aliphatic carbocycles. The molecule has 16 heavy (non-hydrogen) atoms. The summed E-state index contributed by atoms with van der Waals surface area (Å²) in [6.07, 6.45) is 3.53.